The summed E-state index contributed by atoms with van der Waals surface area (Å²) in [5.41, 5.74) is 5.25. The molecule has 0 aliphatic carbocycles. The first-order chi connectivity index (χ1) is 12.8. The number of piperazine rings is 1. The van der Waals surface area contributed by atoms with Crippen LogP contribution in [0.4, 0.5) is 0 Å². The lowest BCUT2D eigenvalue weighted by molar-refractivity contribution is -0.136. The molecular formula is C19H25N5O3. The van der Waals surface area contributed by atoms with Gasteiger partial charge in [0, 0.05) is 39.1 Å². The maximum Gasteiger partial charge on any atom is 0.261 e. The molecule has 0 radical (unpaired) electrons. The molecule has 2 heterocycles. The molecule has 0 bridgehead atoms. The minimum absolute atomic E-state index is 0.00779. The zero-order valence-electron chi connectivity index (χ0n) is 15.7. The van der Waals surface area contributed by atoms with Crippen molar-refractivity contribution in [1.82, 2.24) is 19.4 Å². The largest absolute Gasteiger partial charge is 0.368 e. The van der Waals surface area contributed by atoms with E-state index in [-0.39, 0.29) is 23.8 Å². The zero-order valence-corrected chi connectivity index (χ0v) is 15.7. The second-order valence-electron chi connectivity index (χ2n) is 7.30. The molecule has 1 saturated heterocycles. The minimum atomic E-state index is -0.723. The number of fused-ring (bicyclic) bond motifs is 1. The fraction of sp³-hybridized carbons (Fsp3) is 0.474. The first-order valence-corrected chi connectivity index (χ1v) is 9.07. The van der Waals surface area contributed by atoms with Gasteiger partial charge in [-0.05, 0) is 26.0 Å². The standard InChI is InChI=1S/C19H25N5O3/c1-19(2,18(20)27)24-11-9-22(10-12-24)16(25)7-8-23-13-21-15-6-4-3-5-14(15)17(23)26/h3-6,13H,7-12H2,1-2H3,(H2,20,27). The van der Waals surface area contributed by atoms with E-state index in [1.54, 1.807) is 36.9 Å². The van der Waals surface area contributed by atoms with E-state index in [0.29, 0.717) is 43.6 Å². The van der Waals surface area contributed by atoms with Gasteiger partial charge in [0.1, 0.15) is 0 Å². The van der Waals surface area contributed by atoms with Crippen LogP contribution in [-0.2, 0) is 16.1 Å². The average Bonchev–Trinajstić information content (AvgIpc) is 2.67. The van der Waals surface area contributed by atoms with Crippen molar-refractivity contribution >= 4 is 22.7 Å². The number of amides is 2. The molecule has 1 aromatic carbocycles. The Bertz CT molecular complexity index is 913. The molecule has 3 rings (SSSR count). The maximum absolute atomic E-state index is 12.5. The van der Waals surface area contributed by atoms with Crippen LogP contribution in [0.25, 0.3) is 10.9 Å². The Morgan fingerprint density at radius 1 is 1.15 bits per heavy atom. The van der Waals surface area contributed by atoms with Gasteiger partial charge in [-0.15, -0.1) is 0 Å². The molecule has 1 fully saturated rings. The summed E-state index contributed by atoms with van der Waals surface area (Å²) in [5.74, 6) is -0.378. The highest BCUT2D eigenvalue weighted by Crippen LogP contribution is 2.17. The first kappa shape index (κ1) is 19.0. The lowest BCUT2D eigenvalue weighted by Crippen LogP contribution is -2.60. The van der Waals surface area contributed by atoms with Crippen molar-refractivity contribution in [2.75, 3.05) is 26.2 Å². The predicted octanol–water partition coefficient (Wildman–Crippen LogP) is 0.195. The number of benzene rings is 1. The van der Waals surface area contributed by atoms with Crippen LogP contribution in [-0.4, -0.2) is 62.9 Å². The molecule has 2 N–H and O–H groups in total. The molecule has 144 valence electrons. The lowest BCUT2D eigenvalue weighted by atomic mass is 10.0. The zero-order chi connectivity index (χ0) is 19.6. The van der Waals surface area contributed by atoms with Crippen LogP contribution in [0.5, 0.6) is 0 Å². The maximum atomic E-state index is 12.5. The number of carbonyl (C=O) groups is 2. The summed E-state index contributed by atoms with van der Waals surface area (Å²) in [6.45, 7) is 6.17. The number of hydrogen-bond donors (Lipinski definition) is 1. The van der Waals surface area contributed by atoms with Gasteiger partial charge in [-0.3, -0.25) is 23.9 Å². The summed E-state index contributed by atoms with van der Waals surface area (Å²) in [7, 11) is 0. The van der Waals surface area contributed by atoms with Crippen LogP contribution in [0.3, 0.4) is 0 Å². The number of rotatable bonds is 5. The van der Waals surface area contributed by atoms with E-state index in [0.717, 1.165) is 0 Å². The van der Waals surface area contributed by atoms with E-state index in [4.69, 9.17) is 5.73 Å². The van der Waals surface area contributed by atoms with Gasteiger partial charge >= 0.3 is 0 Å². The number of primary amides is 1. The first-order valence-electron chi connectivity index (χ1n) is 9.07. The molecular weight excluding hydrogens is 346 g/mol. The van der Waals surface area contributed by atoms with E-state index < -0.39 is 5.54 Å². The van der Waals surface area contributed by atoms with Gasteiger partial charge in [0.2, 0.25) is 11.8 Å². The van der Waals surface area contributed by atoms with Crippen molar-refractivity contribution in [1.29, 1.82) is 0 Å². The third kappa shape index (κ3) is 3.85. The Balaban J connectivity index is 1.59. The molecule has 8 nitrogen and oxygen atoms in total. The molecule has 1 aliphatic rings. The summed E-state index contributed by atoms with van der Waals surface area (Å²) < 4.78 is 1.48. The van der Waals surface area contributed by atoms with Crippen LogP contribution in [0, 0.1) is 0 Å². The second-order valence-corrected chi connectivity index (χ2v) is 7.30. The van der Waals surface area contributed by atoms with Gasteiger partial charge in [-0.2, -0.15) is 0 Å². The molecule has 0 spiro atoms. The number of nitrogens with two attached hydrogens (primary N) is 1. The van der Waals surface area contributed by atoms with Gasteiger partial charge in [0.25, 0.3) is 5.56 Å². The second kappa shape index (κ2) is 7.48. The Morgan fingerprint density at radius 3 is 2.48 bits per heavy atom. The van der Waals surface area contributed by atoms with E-state index in [1.807, 2.05) is 11.0 Å². The van der Waals surface area contributed by atoms with Crippen molar-refractivity contribution in [3.05, 3.63) is 40.9 Å². The highest BCUT2D eigenvalue weighted by atomic mass is 16.2. The van der Waals surface area contributed by atoms with Crippen molar-refractivity contribution in [3.63, 3.8) is 0 Å². The fourth-order valence-electron chi connectivity index (χ4n) is 3.31. The van der Waals surface area contributed by atoms with Crippen molar-refractivity contribution in [2.24, 2.45) is 5.73 Å². The van der Waals surface area contributed by atoms with Crippen LogP contribution in [0.2, 0.25) is 0 Å². The Hall–Kier alpha value is -2.74. The highest BCUT2D eigenvalue weighted by Gasteiger charge is 2.35. The van der Waals surface area contributed by atoms with Crippen molar-refractivity contribution < 1.29 is 9.59 Å². The number of aromatic nitrogens is 2. The van der Waals surface area contributed by atoms with Crippen LogP contribution >= 0.6 is 0 Å². The fourth-order valence-corrected chi connectivity index (χ4v) is 3.31. The number of para-hydroxylation sites is 1. The Labute approximate surface area is 157 Å². The average molecular weight is 371 g/mol. The van der Waals surface area contributed by atoms with Gasteiger partial charge in [0.15, 0.2) is 0 Å². The monoisotopic (exact) mass is 371 g/mol. The molecule has 27 heavy (non-hydrogen) atoms. The van der Waals surface area contributed by atoms with E-state index in [2.05, 4.69) is 4.98 Å². The van der Waals surface area contributed by atoms with E-state index in [1.165, 1.54) is 10.9 Å². The quantitative estimate of drug-likeness (QED) is 0.809. The summed E-state index contributed by atoms with van der Waals surface area (Å²) in [5, 5.41) is 0.551. The molecule has 1 aromatic heterocycles. The third-order valence-electron chi connectivity index (χ3n) is 5.32. The molecule has 1 aliphatic heterocycles. The summed E-state index contributed by atoms with van der Waals surface area (Å²) >= 11 is 0. The highest BCUT2D eigenvalue weighted by molar-refractivity contribution is 5.83. The Morgan fingerprint density at radius 2 is 1.81 bits per heavy atom. The van der Waals surface area contributed by atoms with E-state index in [9.17, 15) is 14.4 Å². The predicted molar refractivity (Wildman–Crippen MR) is 102 cm³/mol. The molecule has 0 atom stereocenters. The minimum Gasteiger partial charge on any atom is -0.368 e. The number of nitrogens with zero attached hydrogens (tertiary/aromatic N) is 4. The molecule has 2 aromatic rings. The Kier molecular flexibility index (Phi) is 5.27. The van der Waals surface area contributed by atoms with Gasteiger partial charge in [-0.1, -0.05) is 12.1 Å². The van der Waals surface area contributed by atoms with Crippen molar-refractivity contribution in [3.8, 4) is 0 Å². The van der Waals surface area contributed by atoms with Gasteiger partial charge < -0.3 is 10.6 Å². The number of aryl methyl sites for hydroxylation is 1. The topological polar surface area (TPSA) is 102 Å². The normalized spacial score (nSPS) is 15.9. The summed E-state index contributed by atoms with van der Waals surface area (Å²) in [6, 6.07) is 7.16. The number of carbonyl (C=O) groups excluding carboxylic acids is 2. The summed E-state index contributed by atoms with van der Waals surface area (Å²) in [4.78, 5) is 44.6. The van der Waals surface area contributed by atoms with E-state index >= 15 is 0 Å². The number of hydrogen-bond acceptors (Lipinski definition) is 5. The SMILES string of the molecule is CC(C)(C(N)=O)N1CCN(C(=O)CCn2cnc3ccccc3c2=O)CC1. The van der Waals surface area contributed by atoms with Crippen LogP contribution in [0.15, 0.2) is 35.4 Å². The lowest BCUT2D eigenvalue weighted by Gasteiger charge is -2.42. The van der Waals surface area contributed by atoms with Gasteiger partial charge in [-0.25, -0.2) is 4.98 Å². The summed E-state index contributed by atoms with van der Waals surface area (Å²) in [6.07, 6.45) is 1.73. The molecule has 2 amide bonds. The molecule has 0 saturated carbocycles. The van der Waals surface area contributed by atoms with Crippen molar-refractivity contribution in [2.45, 2.75) is 32.4 Å². The smallest absolute Gasteiger partial charge is 0.261 e. The van der Waals surface area contributed by atoms with Crippen LogP contribution in [0.1, 0.15) is 20.3 Å². The van der Waals surface area contributed by atoms with Crippen LogP contribution < -0.4 is 11.3 Å². The molecule has 0 unspecified atom stereocenters. The molecule has 8 heteroatoms. The third-order valence-corrected chi connectivity index (χ3v) is 5.32. The van der Waals surface area contributed by atoms with Gasteiger partial charge in [0.05, 0.1) is 22.8 Å².